The maximum absolute atomic E-state index is 13.5. The highest BCUT2D eigenvalue weighted by Crippen LogP contribution is 2.18. The molecule has 4 nitrogen and oxygen atoms in total. The molecule has 0 aliphatic heterocycles. The number of aliphatic hydroxyl groups excluding tert-OH is 1. The van der Waals surface area contributed by atoms with Crippen LogP contribution >= 0.6 is 0 Å². The van der Waals surface area contributed by atoms with Gasteiger partial charge in [-0.1, -0.05) is 6.92 Å². The first-order valence-electron chi connectivity index (χ1n) is 5.92. The van der Waals surface area contributed by atoms with E-state index in [0.29, 0.717) is 12.6 Å². The maximum atomic E-state index is 13.5. The second kappa shape index (κ2) is 6.93. The number of aliphatic hydroxyl groups is 1. The van der Waals surface area contributed by atoms with E-state index in [-0.39, 0.29) is 18.8 Å². The molecule has 0 amide bonds. The Bertz CT molecular complexity index is 514. The first kappa shape index (κ1) is 16.0. The van der Waals surface area contributed by atoms with E-state index >= 15 is 0 Å². The Morgan fingerprint density at radius 1 is 1.37 bits per heavy atom. The Labute approximate surface area is 111 Å². The molecule has 1 rings (SSSR count). The summed E-state index contributed by atoms with van der Waals surface area (Å²) in [6.45, 7) is 2.13. The van der Waals surface area contributed by atoms with Crippen LogP contribution in [0.15, 0.2) is 23.1 Å². The molecule has 0 aliphatic carbocycles. The first-order chi connectivity index (χ1) is 8.90. The molecule has 1 atom stereocenters. The van der Waals surface area contributed by atoms with Gasteiger partial charge in [-0.05, 0) is 31.2 Å². The molecule has 0 radical (unpaired) electrons. The van der Waals surface area contributed by atoms with Crippen molar-refractivity contribution in [3.63, 3.8) is 0 Å². The van der Waals surface area contributed by atoms with E-state index in [2.05, 4.69) is 5.32 Å². The summed E-state index contributed by atoms with van der Waals surface area (Å²) in [6.07, 6.45) is 0.226. The lowest BCUT2D eigenvalue weighted by Gasteiger charge is -2.17. The molecule has 1 aromatic carbocycles. The van der Waals surface area contributed by atoms with Crippen molar-refractivity contribution in [3.05, 3.63) is 29.8 Å². The maximum Gasteiger partial charge on any atom is 0.182 e. The third kappa shape index (κ3) is 4.52. The third-order valence-corrected chi connectivity index (χ3v) is 4.44. The molecule has 0 aliphatic rings. The zero-order chi connectivity index (χ0) is 14.5. The fourth-order valence-corrected chi connectivity index (χ4v) is 3.41. The highest BCUT2D eigenvalue weighted by molar-refractivity contribution is 7.91. The molecule has 0 bridgehead atoms. The minimum atomic E-state index is -3.95. The van der Waals surface area contributed by atoms with E-state index in [0.717, 1.165) is 12.1 Å². The van der Waals surface area contributed by atoms with E-state index in [1.807, 2.05) is 0 Å². The second-order valence-corrected chi connectivity index (χ2v) is 6.13. The van der Waals surface area contributed by atoms with Crippen molar-refractivity contribution in [2.45, 2.75) is 24.3 Å². The predicted octanol–water partition coefficient (Wildman–Crippen LogP) is 1.10. The van der Waals surface area contributed by atoms with Gasteiger partial charge in [0.15, 0.2) is 9.84 Å². The van der Waals surface area contributed by atoms with Crippen LogP contribution in [-0.4, -0.2) is 38.5 Å². The van der Waals surface area contributed by atoms with Crippen LogP contribution < -0.4 is 5.32 Å². The van der Waals surface area contributed by atoms with Gasteiger partial charge in [-0.2, -0.15) is 0 Å². The molecule has 0 spiro atoms. The third-order valence-electron chi connectivity index (χ3n) is 2.62. The van der Waals surface area contributed by atoms with E-state index < -0.39 is 32.4 Å². The van der Waals surface area contributed by atoms with Crippen molar-refractivity contribution < 1.29 is 22.3 Å². The number of nitrogens with one attached hydrogen (secondary N) is 1. The average Bonchev–Trinajstić information content (AvgIpc) is 2.32. The first-order valence-corrected chi connectivity index (χ1v) is 7.58. The molecule has 2 N–H and O–H groups in total. The summed E-state index contributed by atoms with van der Waals surface area (Å²) < 4.78 is 50.6. The Morgan fingerprint density at radius 2 is 2.05 bits per heavy atom. The van der Waals surface area contributed by atoms with Gasteiger partial charge in [0, 0.05) is 12.6 Å². The number of hydrogen-bond acceptors (Lipinski definition) is 4. The summed E-state index contributed by atoms with van der Waals surface area (Å²) in [5.41, 5.74) is 0. The molecular formula is C12H17F2NO3S. The summed E-state index contributed by atoms with van der Waals surface area (Å²) in [6, 6.07) is 1.83. The molecule has 0 heterocycles. The summed E-state index contributed by atoms with van der Waals surface area (Å²) in [7, 11) is -3.95. The van der Waals surface area contributed by atoms with Crippen LogP contribution in [0.1, 0.15) is 13.3 Å². The van der Waals surface area contributed by atoms with Gasteiger partial charge in [0.05, 0.1) is 5.75 Å². The monoisotopic (exact) mass is 293 g/mol. The van der Waals surface area contributed by atoms with Gasteiger partial charge in [0.1, 0.15) is 16.5 Å². The number of rotatable bonds is 7. The normalized spacial score (nSPS) is 13.5. The fraction of sp³-hybridized carbons (Fsp3) is 0.500. The zero-order valence-corrected chi connectivity index (χ0v) is 11.4. The number of halogens is 2. The zero-order valence-electron chi connectivity index (χ0n) is 10.6. The van der Waals surface area contributed by atoms with Crippen LogP contribution in [0.25, 0.3) is 0 Å². The highest BCUT2D eigenvalue weighted by Gasteiger charge is 2.24. The lowest BCUT2D eigenvalue weighted by Crippen LogP contribution is -2.36. The molecule has 0 saturated carbocycles. The summed E-state index contributed by atoms with van der Waals surface area (Å²) >= 11 is 0. The fourth-order valence-electron chi connectivity index (χ4n) is 1.76. The SMILES string of the molecule is CCNC(CCO)CS(=O)(=O)c1cc(F)ccc1F. The molecule has 19 heavy (non-hydrogen) atoms. The minimum absolute atomic E-state index is 0.182. The van der Waals surface area contributed by atoms with Gasteiger partial charge in [-0.3, -0.25) is 0 Å². The smallest absolute Gasteiger partial charge is 0.182 e. The Hall–Kier alpha value is -1.05. The van der Waals surface area contributed by atoms with Crippen LogP contribution in [0.5, 0.6) is 0 Å². The molecule has 0 aromatic heterocycles. The van der Waals surface area contributed by atoms with Crippen molar-refractivity contribution in [1.29, 1.82) is 0 Å². The lowest BCUT2D eigenvalue weighted by molar-refractivity contribution is 0.270. The highest BCUT2D eigenvalue weighted by atomic mass is 32.2. The molecular weight excluding hydrogens is 276 g/mol. The second-order valence-electron chi connectivity index (χ2n) is 4.12. The standard InChI is InChI=1S/C12H17F2NO3S/c1-2-15-10(5-6-16)8-19(17,18)12-7-9(13)3-4-11(12)14/h3-4,7,10,15-16H,2,5-6,8H2,1H3. The summed E-state index contributed by atoms with van der Waals surface area (Å²) in [5.74, 6) is -2.16. The number of benzene rings is 1. The van der Waals surface area contributed by atoms with Gasteiger partial charge in [0.2, 0.25) is 0 Å². The molecule has 0 fully saturated rings. The van der Waals surface area contributed by atoms with Crippen LogP contribution in [0.4, 0.5) is 8.78 Å². The molecule has 7 heteroatoms. The van der Waals surface area contributed by atoms with Gasteiger partial charge in [-0.15, -0.1) is 0 Å². The van der Waals surface area contributed by atoms with Gasteiger partial charge < -0.3 is 10.4 Å². The Kier molecular flexibility index (Phi) is 5.84. The topological polar surface area (TPSA) is 66.4 Å². The molecule has 108 valence electrons. The quantitative estimate of drug-likeness (QED) is 0.790. The van der Waals surface area contributed by atoms with E-state index in [1.54, 1.807) is 6.92 Å². The van der Waals surface area contributed by atoms with Crippen LogP contribution in [0.2, 0.25) is 0 Å². The average molecular weight is 293 g/mol. The van der Waals surface area contributed by atoms with Crippen LogP contribution in [0, 0.1) is 11.6 Å². The van der Waals surface area contributed by atoms with Crippen molar-refractivity contribution >= 4 is 9.84 Å². The number of hydrogen-bond donors (Lipinski definition) is 2. The summed E-state index contributed by atoms with van der Waals surface area (Å²) in [5, 5.41) is 11.7. The van der Waals surface area contributed by atoms with E-state index in [9.17, 15) is 17.2 Å². The van der Waals surface area contributed by atoms with Crippen LogP contribution in [0.3, 0.4) is 0 Å². The Balaban J connectivity index is 2.99. The largest absolute Gasteiger partial charge is 0.396 e. The van der Waals surface area contributed by atoms with Crippen molar-refractivity contribution in [2.24, 2.45) is 0 Å². The van der Waals surface area contributed by atoms with Crippen molar-refractivity contribution in [2.75, 3.05) is 18.9 Å². The van der Waals surface area contributed by atoms with Crippen LogP contribution in [-0.2, 0) is 9.84 Å². The minimum Gasteiger partial charge on any atom is -0.396 e. The van der Waals surface area contributed by atoms with E-state index in [1.165, 1.54) is 0 Å². The van der Waals surface area contributed by atoms with Gasteiger partial charge >= 0.3 is 0 Å². The van der Waals surface area contributed by atoms with Gasteiger partial charge in [0.25, 0.3) is 0 Å². The number of sulfone groups is 1. The Morgan fingerprint density at radius 3 is 2.63 bits per heavy atom. The van der Waals surface area contributed by atoms with E-state index in [4.69, 9.17) is 5.11 Å². The van der Waals surface area contributed by atoms with Crippen molar-refractivity contribution in [1.82, 2.24) is 5.32 Å². The predicted molar refractivity (Wildman–Crippen MR) is 67.6 cm³/mol. The molecule has 0 saturated heterocycles. The van der Waals surface area contributed by atoms with Gasteiger partial charge in [-0.25, -0.2) is 17.2 Å². The van der Waals surface area contributed by atoms with Crippen molar-refractivity contribution in [3.8, 4) is 0 Å². The lowest BCUT2D eigenvalue weighted by atomic mass is 10.2. The molecule has 1 unspecified atom stereocenters. The molecule has 1 aromatic rings. The summed E-state index contributed by atoms with van der Waals surface area (Å²) in [4.78, 5) is -0.645.